The van der Waals surface area contributed by atoms with Crippen molar-refractivity contribution in [2.75, 3.05) is 11.5 Å². The van der Waals surface area contributed by atoms with Crippen LogP contribution in [0.5, 0.6) is 0 Å². The van der Waals surface area contributed by atoms with E-state index in [1.165, 1.54) is 23.1 Å². The van der Waals surface area contributed by atoms with E-state index in [2.05, 4.69) is 9.98 Å². The first-order valence-electron chi connectivity index (χ1n) is 5.63. The van der Waals surface area contributed by atoms with Gasteiger partial charge in [-0.2, -0.15) is 0 Å². The number of rotatable bonds is 2. The molecule has 1 atom stereocenters. The Labute approximate surface area is 166 Å². The van der Waals surface area contributed by atoms with Crippen LogP contribution < -0.4 is 62.2 Å². The number of nitrogens with two attached hydrogens (primary N) is 1. The van der Waals surface area contributed by atoms with Crippen molar-refractivity contribution in [2.45, 2.75) is 13.0 Å². The van der Waals surface area contributed by atoms with Gasteiger partial charge in [-0.1, -0.05) is 0 Å². The molecular formula is C12H10KN3O2S2. The van der Waals surface area contributed by atoms with Crippen LogP contribution in [0.3, 0.4) is 0 Å². The van der Waals surface area contributed by atoms with Crippen molar-refractivity contribution in [3.63, 3.8) is 0 Å². The summed E-state index contributed by atoms with van der Waals surface area (Å²) in [4.78, 5) is 19.5. The van der Waals surface area contributed by atoms with E-state index in [9.17, 15) is 9.90 Å². The Balaban J connectivity index is 0.00000147. The van der Waals surface area contributed by atoms with Crippen LogP contribution in [0.1, 0.15) is 10.6 Å². The molecule has 5 nitrogen and oxygen atoms in total. The Morgan fingerprint density at radius 2 is 2.25 bits per heavy atom. The molecule has 0 saturated heterocycles. The quantitative estimate of drug-likeness (QED) is 0.498. The number of hydrogen-bond acceptors (Lipinski definition) is 7. The molecular weight excluding hydrogens is 321 g/mol. The fourth-order valence-corrected chi connectivity index (χ4v) is 4.11. The zero-order valence-corrected chi connectivity index (χ0v) is 15.8. The summed E-state index contributed by atoms with van der Waals surface area (Å²) in [6.07, 6.45) is 0. The maximum Gasteiger partial charge on any atom is 1.00 e. The normalized spacial score (nSPS) is 17.9. The van der Waals surface area contributed by atoms with E-state index in [0.717, 1.165) is 20.8 Å². The summed E-state index contributed by atoms with van der Waals surface area (Å²) >= 11 is 2.88. The van der Waals surface area contributed by atoms with Gasteiger partial charge in [-0.25, -0.2) is 4.98 Å². The Morgan fingerprint density at radius 1 is 1.50 bits per heavy atom. The van der Waals surface area contributed by atoms with Crippen LogP contribution in [0.25, 0.3) is 10.2 Å². The van der Waals surface area contributed by atoms with Crippen molar-refractivity contribution >= 4 is 50.0 Å². The summed E-state index contributed by atoms with van der Waals surface area (Å²) in [6, 6.07) is 2.98. The summed E-state index contributed by atoms with van der Waals surface area (Å²) in [5, 5.41) is 12.2. The number of aryl methyl sites for hydroxylation is 1. The third kappa shape index (κ3) is 3.11. The number of hydrogen-bond donors (Lipinski definition) is 1. The number of benzene rings is 1. The number of nitrogen functional groups attached to an aromatic ring is 1. The van der Waals surface area contributed by atoms with Crippen molar-refractivity contribution in [2.24, 2.45) is 4.99 Å². The first-order valence-corrected chi connectivity index (χ1v) is 7.43. The van der Waals surface area contributed by atoms with Gasteiger partial charge in [-0.15, -0.1) is 23.1 Å². The van der Waals surface area contributed by atoms with Crippen molar-refractivity contribution in [1.82, 2.24) is 4.98 Å². The van der Waals surface area contributed by atoms with Crippen LogP contribution in [0.2, 0.25) is 0 Å². The summed E-state index contributed by atoms with van der Waals surface area (Å²) in [5.41, 5.74) is 8.42. The molecule has 0 spiro atoms. The van der Waals surface area contributed by atoms with Crippen LogP contribution in [-0.4, -0.2) is 27.8 Å². The monoisotopic (exact) mass is 331 g/mol. The Kier molecular flexibility index (Phi) is 5.27. The van der Waals surface area contributed by atoms with Gasteiger partial charge in [0.05, 0.1) is 16.2 Å². The zero-order chi connectivity index (χ0) is 13.6. The number of thioether (sulfide) groups is 1. The van der Waals surface area contributed by atoms with Gasteiger partial charge >= 0.3 is 51.4 Å². The number of aromatic nitrogens is 1. The van der Waals surface area contributed by atoms with Crippen molar-refractivity contribution in [3.8, 4) is 0 Å². The second kappa shape index (κ2) is 6.43. The molecule has 1 aromatic carbocycles. The van der Waals surface area contributed by atoms with E-state index in [0.29, 0.717) is 16.5 Å². The SMILES string of the molecule is Cc1cc(N)cc2sc(C3=NC(C(=O)[O-])CS3)nc12.[K+]. The standard InChI is InChI=1S/C12H11N3O2S2.K/c1-5-2-6(13)3-8-9(5)15-11(19-8)10-14-7(4-18-10)12(16)17;/h2-3,7H,4,13H2,1H3,(H,16,17);/q;+1/p-1. The van der Waals surface area contributed by atoms with Crippen molar-refractivity contribution in [3.05, 3.63) is 22.7 Å². The van der Waals surface area contributed by atoms with Crippen LogP contribution in [0.4, 0.5) is 5.69 Å². The van der Waals surface area contributed by atoms with E-state index in [1.54, 1.807) is 0 Å². The number of thiazole rings is 1. The molecule has 1 aromatic heterocycles. The van der Waals surface area contributed by atoms with Gasteiger partial charge in [0, 0.05) is 11.4 Å². The predicted molar refractivity (Wildman–Crippen MR) is 76.6 cm³/mol. The molecule has 98 valence electrons. The minimum atomic E-state index is -1.14. The molecule has 0 fully saturated rings. The molecule has 0 saturated carbocycles. The number of anilines is 1. The van der Waals surface area contributed by atoms with Crippen LogP contribution in [0.15, 0.2) is 17.1 Å². The average Bonchev–Trinajstić information content (AvgIpc) is 2.92. The summed E-state index contributed by atoms with van der Waals surface area (Å²) in [7, 11) is 0. The fourth-order valence-electron chi connectivity index (χ4n) is 1.93. The smallest absolute Gasteiger partial charge is 0.548 e. The Bertz CT molecular complexity index is 714. The minimum Gasteiger partial charge on any atom is -0.548 e. The number of fused-ring (bicyclic) bond motifs is 1. The van der Waals surface area contributed by atoms with Gasteiger partial charge in [0.25, 0.3) is 0 Å². The van der Waals surface area contributed by atoms with Gasteiger partial charge in [-0.3, -0.25) is 4.99 Å². The maximum atomic E-state index is 10.8. The van der Waals surface area contributed by atoms with E-state index < -0.39 is 12.0 Å². The Morgan fingerprint density at radius 3 is 2.90 bits per heavy atom. The molecule has 1 unspecified atom stereocenters. The molecule has 2 heterocycles. The Hall–Kier alpha value is 0.0364. The van der Waals surface area contributed by atoms with Crippen LogP contribution >= 0.6 is 23.1 Å². The van der Waals surface area contributed by atoms with Gasteiger partial charge in [0.2, 0.25) is 0 Å². The van der Waals surface area contributed by atoms with E-state index in [1.807, 2.05) is 19.1 Å². The number of aliphatic imine (C=N–C) groups is 1. The van der Waals surface area contributed by atoms with Gasteiger partial charge < -0.3 is 15.6 Å². The van der Waals surface area contributed by atoms with E-state index in [-0.39, 0.29) is 51.4 Å². The molecule has 20 heavy (non-hydrogen) atoms. The van der Waals surface area contributed by atoms with Crippen molar-refractivity contribution < 1.29 is 61.3 Å². The number of carboxylic acid groups (broad SMARTS) is 1. The van der Waals surface area contributed by atoms with E-state index >= 15 is 0 Å². The van der Waals surface area contributed by atoms with E-state index in [4.69, 9.17) is 5.73 Å². The zero-order valence-electron chi connectivity index (χ0n) is 11.0. The molecule has 3 rings (SSSR count). The number of carbonyl (C=O) groups excluding carboxylic acids is 1. The van der Waals surface area contributed by atoms with Gasteiger partial charge in [0.15, 0.2) is 0 Å². The minimum absolute atomic E-state index is 0. The molecule has 0 aliphatic carbocycles. The fraction of sp³-hybridized carbons (Fsp3) is 0.250. The van der Waals surface area contributed by atoms with Gasteiger partial charge in [-0.05, 0) is 24.6 Å². The predicted octanol–water partition coefficient (Wildman–Crippen LogP) is -2.20. The number of aliphatic carboxylic acids is 1. The molecule has 1 aliphatic rings. The van der Waals surface area contributed by atoms with Crippen LogP contribution in [0, 0.1) is 6.92 Å². The first kappa shape index (κ1) is 16.4. The number of carboxylic acids is 1. The van der Waals surface area contributed by atoms with Crippen molar-refractivity contribution in [1.29, 1.82) is 0 Å². The number of nitrogens with zero attached hydrogens (tertiary/aromatic N) is 2. The second-order valence-electron chi connectivity index (χ2n) is 4.28. The third-order valence-electron chi connectivity index (χ3n) is 2.81. The summed E-state index contributed by atoms with van der Waals surface area (Å²) in [5.74, 6) is -0.724. The second-order valence-corrected chi connectivity index (χ2v) is 6.32. The maximum absolute atomic E-state index is 10.8. The molecule has 2 aromatic rings. The van der Waals surface area contributed by atoms with Gasteiger partial charge in [0.1, 0.15) is 16.1 Å². The number of carbonyl (C=O) groups is 1. The van der Waals surface area contributed by atoms with Crippen LogP contribution in [-0.2, 0) is 4.79 Å². The molecule has 8 heteroatoms. The molecule has 0 amide bonds. The molecule has 0 radical (unpaired) electrons. The summed E-state index contributed by atoms with van der Waals surface area (Å²) in [6.45, 7) is 1.95. The molecule has 0 bridgehead atoms. The topological polar surface area (TPSA) is 91.4 Å². The average molecular weight is 331 g/mol. The summed E-state index contributed by atoms with van der Waals surface area (Å²) < 4.78 is 0.993. The largest absolute Gasteiger partial charge is 1.00 e. The first-order chi connectivity index (χ1) is 9.04. The third-order valence-corrected chi connectivity index (χ3v) is 5.01. The molecule has 2 N–H and O–H groups in total. The molecule has 1 aliphatic heterocycles.